The first-order chi connectivity index (χ1) is 16.8. The number of hydrogen-bond acceptors (Lipinski definition) is 4. The van der Waals surface area contributed by atoms with Gasteiger partial charge in [-0.25, -0.2) is 0 Å². The number of carbonyl (C=O) groups is 1. The van der Waals surface area contributed by atoms with Gasteiger partial charge in [-0.2, -0.15) is 0 Å². The van der Waals surface area contributed by atoms with Crippen molar-refractivity contribution in [2.75, 3.05) is 6.61 Å². The summed E-state index contributed by atoms with van der Waals surface area (Å²) in [7, 11) is 0. The third-order valence-corrected chi connectivity index (χ3v) is 13.7. The van der Waals surface area contributed by atoms with Crippen LogP contribution in [0.2, 0.25) is 0 Å². The lowest BCUT2D eigenvalue weighted by Gasteiger charge is -2.72. The van der Waals surface area contributed by atoms with Gasteiger partial charge in [0.1, 0.15) is 0 Å². The fraction of sp³-hybridized carbons (Fsp3) is 0.875. The predicted molar refractivity (Wildman–Crippen MR) is 145 cm³/mol. The lowest BCUT2D eigenvalue weighted by molar-refractivity contribution is -0.231. The van der Waals surface area contributed by atoms with Crippen LogP contribution in [0.4, 0.5) is 0 Å². The molecule has 0 aliphatic heterocycles. The smallest absolute Gasteiger partial charge is 0.302 e. The minimum atomic E-state index is -0.136. The molecular weight excluding hydrogens is 446 g/mol. The quantitative estimate of drug-likeness (QED) is 0.186. The minimum Gasteiger partial charge on any atom is -0.465 e. The SMILES string of the molecule is C=C(C)C1CC[C@]2(COC(C)=O)CC[C@]3(C)[C@H](CC[C@@H]4[C@@]5(C)CC/C(=N\O)C(C)(C)C5CC[C@]43C)C12. The second-order valence-corrected chi connectivity index (χ2v) is 15.1. The van der Waals surface area contributed by atoms with E-state index in [4.69, 9.17) is 4.74 Å². The van der Waals surface area contributed by atoms with Crippen molar-refractivity contribution in [2.24, 2.45) is 61.8 Å². The molecule has 1 N–H and O–H groups in total. The third-order valence-electron chi connectivity index (χ3n) is 13.7. The van der Waals surface area contributed by atoms with Gasteiger partial charge in [0.25, 0.3) is 0 Å². The average Bonchev–Trinajstić information content (AvgIpc) is 3.18. The molecule has 36 heavy (non-hydrogen) atoms. The molecule has 4 heteroatoms. The highest BCUT2D eigenvalue weighted by Crippen LogP contribution is 2.77. The van der Waals surface area contributed by atoms with E-state index in [1.165, 1.54) is 56.9 Å². The van der Waals surface area contributed by atoms with Crippen LogP contribution in [0.5, 0.6) is 0 Å². The first-order valence-corrected chi connectivity index (χ1v) is 14.8. The number of hydrogen-bond donors (Lipinski definition) is 1. The molecule has 202 valence electrons. The number of nitrogens with zero attached hydrogens (tertiary/aromatic N) is 1. The Bertz CT molecular complexity index is 968. The molecule has 3 unspecified atom stereocenters. The summed E-state index contributed by atoms with van der Waals surface area (Å²) in [6.07, 6.45) is 12.0. The Labute approximate surface area is 219 Å². The zero-order valence-electron chi connectivity index (χ0n) is 24.1. The van der Waals surface area contributed by atoms with Crippen molar-refractivity contribution in [3.8, 4) is 0 Å². The zero-order valence-corrected chi connectivity index (χ0v) is 24.1. The van der Waals surface area contributed by atoms with Crippen LogP contribution in [-0.2, 0) is 9.53 Å². The second kappa shape index (κ2) is 8.34. The molecule has 0 heterocycles. The van der Waals surface area contributed by atoms with Gasteiger partial charge in [-0.05, 0) is 117 Å². The molecule has 5 aliphatic rings. The van der Waals surface area contributed by atoms with Crippen LogP contribution >= 0.6 is 0 Å². The van der Waals surface area contributed by atoms with Crippen LogP contribution in [-0.4, -0.2) is 23.5 Å². The molecule has 9 atom stereocenters. The summed E-state index contributed by atoms with van der Waals surface area (Å²) in [5.41, 5.74) is 3.32. The summed E-state index contributed by atoms with van der Waals surface area (Å²) < 4.78 is 5.79. The number of carbonyl (C=O) groups excluding carboxylic acids is 1. The summed E-state index contributed by atoms with van der Waals surface area (Å²) in [5, 5.41) is 13.6. The fourth-order valence-corrected chi connectivity index (χ4v) is 11.8. The molecule has 0 radical (unpaired) electrons. The van der Waals surface area contributed by atoms with Crippen LogP contribution in [0.15, 0.2) is 17.3 Å². The Kier molecular flexibility index (Phi) is 6.09. The zero-order chi connectivity index (χ0) is 26.3. The molecule has 0 aromatic carbocycles. The van der Waals surface area contributed by atoms with E-state index >= 15 is 0 Å². The maximum absolute atomic E-state index is 11.9. The number of esters is 1. The number of ether oxygens (including phenoxy) is 1. The van der Waals surface area contributed by atoms with Crippen molar-refractivity contribution in [3.63, 3.8) is 0 Å². The van der Waals surface area contributed by atoms with Gasteiger partial charge in [-0.1, -0.05) is 51.9 Å². The van der Waals surface area contributed by atoms with E-state index in [0.29, 0.717) is 47.0 Å². The van der Waals surface area contributed by atoms with Crippen LogP contribution in [0.3, 0.4) is 0 Å². The summed E-state index contributed by atoms with van der Waals surface area (Å²) in [6, 6.07) is 0. The van der Waals surface area contributed by atoms with E-state index in [1.807, 2.05) is 0 Å². The molecule has 0 aromatic heterocycles. The van der Waals surface area contributed by atoms with E-state index in [1.54, 1.807) is 6.92 Å². The first kappa shape index (κ1) is 26.3. The van der Waals surface area contributed by atoms with E-state index < -0.39 is 0 Å². The maximum atomic E-state index is 11.9. The molecule has 0 spiro atoms. The molecule has 0 aromatic rings. The average molecular weight is 498 g/mol. The Hall–Kier alpha value is -1.32. The Morgan fingerprint density at radius 1 is 0.944 bits per heavy atom. The highest BCUT2D eigenvalue weighted by atomic mass is 16.5. The fourth-order valence-electron chi connectivity index (χ4n) is 11.8. The minimum absolute atomic E-state index is 0.0386. The lowest BCUT2D eigenvalue weighted by Crippen LogP contribution is -2.66. The molecule has 0 saturated heterocycles. The monoisotopic (exact) mass is 497 g/mol. The number of fused-ring (bicyclic) bond motifs is 7. The van der Waals surface area contributed by atoms with Gasteiger partial charge in [0.2, 0.25) is 0 Å². The van der Waals surface area contributed by atoms with Crippen LogP contribution in [0.1, 0.15) is 113 Å². The van der Waals surface area contributed by atoms with Gasteiger partial charge in [0.05, 0.1) is 12.3 Å². The van der Waals surface area contributed by atoms with Gasteiger partial charge in [0.15, 0.2) is 0 Å². The molecule has 0 amide bonds. The normalized spacial score (nSPS) is 50.4. The van der Waals surface area contributed by atoms with Crippen molar-refractivity contribution in [3.05, 3.63) is 12.2 Å². The van der Waals surface area contributed by atoms with Crippen LogP contribution < -0.4 is 0 Å². The Morgan fingerprint density at radius 2 is 1.67 bits per heavy atom. The lowest BCUT2D eigenvalue weighted by atomic mass is 9.32. The summed E-state index contributed by atoms with van der Waals surface area (Å²) in [4.78, 5) is 11.9. The largest absolute Gasteiger partial charge is 0.465 e. The van der Waals surface area contributed by atoms with Gasteiger partial charge < -0.3 is 9.94 Å². The number of rotatable bonds is 3. The Balaban J connectivity index is 1.53. The van der Waals surface area contributed by atoms with Gasteiger partial charge >= 0.3 is 5.97 Å². The summed E-state index contributed by atoms with van der Waals surface area (Å²) in [5.74, 6) is 2.93. The second-order valence-electron chi connectivity index (χ2n) is 15.1. The van der Waals surface area contributed by atoms with Crippen LogP contribution in [0, 0.1) is 56.7 Å². The molecular formula is C32H51NO3. The van der Waals surface area contributed by atoms with E-state index in [2.05, 4.69) is 53.3 Å². The van der Waals surface area contributed by atoms with E-state index in [0.717, 1.165) is 18.6 Å². The summed E-state index contributed by atoms with van der Waals surface area (Å²) >= 11 is 0. The molecule has 5 aliphatic carbocycles. The van der Waals surface area contributed by atoms with Gasteiger partial charge in [-0.3, -0.25) is 4.79 Å². The van der Waals surface area contributed by atoms with Crippen molar-refractivity contribution in [2.45, 2.75) is 113 Å². The summed E-state index contributed by atoms with van der Waals surface area (Å²) in [6.45, 7) is 21.5. The van der Waals surface area contributed by atoms with Gasteiger partial charge in [0, 0.05) is 17.8 Å². The van der Waals surface area contributed by atoms with Crippen molar-refractivity contribution >= 4 is 11.7 Å². The molecule has 4 nitrogen and oxygen atoms in total. The van der Waals surface area contributed by atoms with Gasteiger partial charge in [-0.15, -0.1) is 0 Å². The third kappa shape index (κ3) is 3.30. The van der Waals surface area contributed by atoms with Crippen molar-refractivity contribution in [1.82, 2.24) is 0 Å². The molecule has 5 saturated carbocycles. The van der Waals surface area contributed by atoms with Crippen LogP contribution in [0.25, 0.3) is 0 Å². The number of oxime groups is 1. The van der Waals surface area contributed by atoms with Crippen molar-refractivity contribution < 1.29 is 14.7 Å². The molecule has 5 rings (SSSR count). The van der Waals surface area contributed by atoms with E-state index in [-0.39, 0.29) is 22.2 Å². The molecule has 0 bridgehead atoms. The topological polar surface area (TPSA) is 58.9 Å². The highest BCUT2D eigenvalue weighted by Gasteiger charge is 2.70. The van der Waals surface area contributed by atoms with Crippen molar-refractivity contribution in [1.29, 1.82) is 0 Å². The molecule has 5 fully saturated rings. The maximum Gasteiger partial charge on any atom is 0.302 e. The van der Waals surface area contributed by atoms with E-state index in [9.17, 15) is 10.0 Å². The Morgan fingerprint density at radius 3 is 2.31 bits per heavy atom. The number of allylic oxidation sites excluding steroid dienone is 1. The highest BCUT2D eigenvalue weighted by molar-refractivity contribution is 5.90. The standard InChI is InChI=1S/C32H51NO3/c1-20(2)22-11-16-32(19-36-21(3)34)18-17-30(7)23(27(22)32)9-10-25-29(6)14-13-26(33-35)28(4,5)24(29)12-15-31(25,30)8/h22-25,27,35H,1,9-19H2,2-8H3/b33-26+/t22?,23-,24?,25-,27?,29+,30-,31-,32-/m1/s1. The predicted octanol–water partition coefficient (Wildman–Crippen LogP) is 8.04. The first-order valence-electron chi connectivity index (χ1n) is 14.8.